The Morgan fingerprint density at radius 3 is 2.60 bits per heavy atom. The van der Waals surface area contributed by atoms with E-state index in [0.717, 1.165) is 12.8 Å². The number of carbonyl (C=O) groups excluding carboxylic acids is 1. The fraction of sp³-hybridized carbons (Fsp3) is 0.917. The minimum absolute atomic E-state index is 0.138. The number of rotatable bonds is 5. The zero-order valence-corrected chi connectivity index (χ0v) is 10.0. The third-order valence-corrected chi connectivity index (χ3v) is 3.48. The average Bonchev–Trinajstić information content (AvgIpc) is 2.77. The Morgan fingerprint density at radius 2 is 2.07 bits per heavy atom. The van der Waals surface area contributed by atoms with Gasteiger partial charge in [0.15, 0.2) is 0 Å². The van der Waals surface area contributed by atoms with E-state index in [9.17, 15) is 4.79 Å². The number of hydrogen-bond donors (Lipinski definition) is 1. The van der Waals surface area contributed by atoms with Gasteiger partial charge in [-0.25, -0.2) is 0 Å². The standard InChI is InChI=1S/C12H24N2O/c1-10(6-5-9-13)12(15)14(2)11-7-3-4-8-11/h10-11H,3-9,13H2,1-2H3. The molecule has 0 radical (unpaired) electrons. The van der Waals surface area contributed by atoms with Gasteiger partial charge < -0.3 is 10.6 Å². The van der Waals surface area contributed by atoms with Crippen LogP contribution in [0.2, 0.25) is 0 Å². The van der Waals surface area contributed by atoms with Gasteiger partial charge in [-0.15, -0.1) is 0 Å². The van der Waals surface area contributed by atoms with Gasteiger partial charge >= 0.3 is 0 Å². The molecule has 0 aromatic heterocycles. The summed E-state index contributed by atoms with van der Waals surface area (Å²) in [6.07, 6.45) is 6.80. The molecule has 0 aromatic carbocycles. The molecule has 88 valence electrons. The maximum Gasteiger partial charge on any atom is 0.225 e. The van der Waals surface area contributed by atoms with Crippen LogP contribution in [0.5, 0.6) is 0 Å². The number of carbonyl (C=O) groups is 1. The quantitative estimate of drug-likeness (QED) is 0.755. The van der Waals surface area contributed by atoms with Crippen LogP contribution in [-0.4, -0.2) is 30.4 Å². The highest BCUT2D eigenvalue weighted by Gasteiger charge is 2.25. The van der Waals surface area contributed by atoms with E-state index in [-0.39, 0.29) is 5.92 Å². The van der Waals surface area contributed by atoms with Gasteiger partial charge in [-0.1, -0.05) is 19.8 Å². The first-order valence-electron chi connectivity index (χ1n) is 6.13. The fourth-order valence-electron chi connectivity index (χ4n) is 2.37. The van der Waals surface area contributed by atoms with E-state index >= 15 is 0 Å². The van der Waals surface area contributed by atoms with Gasteiger partial charge in [-0.2, -0.15) is 0 Å². The van der Waals surface area contributed by atoms with Crippen LogP contribution in [-0.2, 0) is 4.79 Å². The average molecular weight is 212 g/mol. The number of nitrogens with zero attached hydrogens (tertiary/aromatic N) is 1. The molecule has 0 aromatic rings. The highest BCUT2D eigenvalue weighted by molar-refractivity contribution is 5.78. The molecule has 1 atom stereocenters. The SMILES string of the molecule is CC(CCCN)C(=O)N(C)C1CCCC1. The lowest BCUT2D eigenvalue weighted by atomic mass is 10.0. The predicted octanol–water partition coefficient (Wildman–Crippen LogP) is 1.76. The molecule has 3 nitrogen and oxygen atoms in total. The molecule has 1 amide bonds. The van der Waals surface area contributed by atoms with Crippen LogP contribution in [0.3, 0.4) is 0 Å². The van der Waals surface area contributed by atoms with Crippen LogP contribution in [0.25, 0.3) is 0 Å². The summed E-state index contributed by atoms with van der Waals surface area (Å²) in [7, 11) is 1.96. The lowest BCUT2D eigenvalue weighted by Crippen LogP contribution is -2.38. The second-order valence-electron chi connectivity index (χ2n) is 4.72. The van der Waals surface area contributed by atoms with Crippen molar-refractivity contribution in [1.82, 2.24) is 4.90 Å². The van der Waals surface area contributed by atoms with E-state index in [4.69, 9.17) is 5.73 Å². The Hall–Kier alpha value is -0.570. The van der Waals surface area contributed by atoms with Crippen molar-refractivity contribution >= 4 is 5.91 Å². The van der Waals surface area contributed by atoms with Crippen LogP contribution >= 0.6 is 0 Å². The normalized spacial score (nSPS) is 19.1. The fourth-order valence-corrected chi connectivity index (χ4v) is 2.37. The first-order valence-corrected chi connectivity index (χ1v) is 6.13. The largest absolute Gasteiger partial charge is 0.343 e. The second kappa shape index (κ2) is 6.11. The van der Waals surface area contributed by atoms with Gasteiger partial charge in [-0.05, 0) is 32.2 Å². The number of amides is 1. The van der Waals surface area contributed by atoms with Crippen LogP contribution in [0.4, 0.5) is 0 Å². The molecule has 0 aliphatic heterocycles. The maximum atomic E-state index is 12.0. The van der Waals surface area contributed by atoms with Crippen molar-refractivity contribution in [3.05, 3.63) is 0 Å². The third-order valence-electron chi connectivity index (χ3n) is 3.48. The van der Waals surface area contributed by atoms with Gasteiger partial charge in [-0.3, -0.25) is 4.79 Å². The van der Waals surface area contributed by atoms with Crippen LogP contribution in [0, 0.1) is 5.92 Å². The van der Waals surface area contributed by atoms with Gasteiger partial charge in [0, 0.05) is 19.0 Å². The topological polar surface area (TPSA) is 46.3 Å². The lowest BCUT2D eigenvalue weighted by molar-refractivity contribution is -0.135. The summed E-state index contributed by atoms with van der Waals surface area (Å²) >= 11 is 0. The molecule has 1 aliphatic carbocycles. The summed E-state index contributed by atoms with van der Waals surface area (Å²) in [6, 6.07) is 0.498. The molecule has 1 unspecified atom stereocenters. The summed E-state index contributed by atoms with van der Waals surface area (Å²) in [5.74, 6) is 0.439. The first-order chi connectivity index (χ1) is 7.16. The van der Waals surface area contributed by atoms with E-state index in [2.05, 4.69) is 0 Å². The van der Waals surface area contributed by atoms with E-state index in [1.54, 1.807) is 0 Å². The Balaban J connectivity index is 2.36. The summed E-state index contributed by atoms with van der Waals surface area (Å²) in [6.45, 7) is 2.70. The zero-order valence-electron chi connectivity index (χ0n) is 10.0. The van der Waals surface area contributed by atoms with Gasteiger partial charge in [0.05, 0.1) is 0 Å². The van der Waals surface area contributed by atoms with E-state index in [1.165, 1.54) is 25.7 Å². The number of nitrogens with two attached hydrogens (primary N) is 1. The molecular formula is C12H24N2O. The molecule has 1 saturated carbocycles. The Morgan fingerprint density at radius 1 is 1.47 bits per heavy atom. The Bertz CT molecular complexity index is 200. The van der Waals surface area contributed by atoms with E-state index in [1.807, 2.05) is 18.9 Å². The molecule has 2 N–H and O–H groups in total. The van der Waals surface area contributed by atoms with Gasteiger partial charge in [0.2, 0.25) is 5.91 Å². The smallest absolute Gasteiger partial charge is 0.225 e. The van der Waals surface area contributed by atoms with Crippen molar-refractivity contribution in [2.24, 2.45) is 11.7 Å². The van der Waals surface area contributed by atoms with Crippen LogP contribution < -0.4 is 5.73 Å². The number of hydrogen-bond acceptors (Lipinski definition) is 2. The van der Waals surface area contributed by atoms with Crippen molar-refractivity contribution < 1.29 is 4.79 Å². The Kier molecular flexibility index (Phi) is 5.09. The molecule has 1 rings (SSSR count). The first kappa shape index (κ1) is 12.5. The second-order valence-corrected chi connectivity index (χ2v) is 4.72. The molecule has 0 heterocycles. The summed E-state index contributed by atoms with van der Waals surface area (Å²) < 4.78 is 0. The van der Waals surface area contributed by atoms with Crippen molar-refractivity contribution in [3.63, 3.8) is 0 Å². The lowest BCUT2D eigenvalue weighted by Gasteiger charge is -2.27. The molecule has 15 heavy (non-hydrogen) atoms. The summed E-state index contributed by atoms with van der Waals surface area (Å²) in [4.78, 5) is 14.0. The summed E-state index contributed by atoms with van der Waals surface area (Å²) in [5, 5.41) is 0. The highest BCUT2D eigenvalue weighted by Crippen LogP contribution is 2.24. The molecule has 1 fully saturated rings. The zero-order chi connectivity index (χ0) is 11.3. The molecule has 0 bridgehead atoms. The molecule has 3 heteroatoms. The van der Waals surface area contributed by atoms with E-state index < -0.39 is 0 Å². The monoisotopic (exact) mass is 212 g/mol. The third kappa shape index (κ3) is 3.49. The van der Waals surface area contributed by atoms with Crippen molar-refractivity contribution in [3.8, 4) is 0 Å². The predicted molar refractivity (Wildman–Crippen MR) is 62.5 cm³/mol. The minimum Gasteiger partial charge on any atom is -0.343 e. The van der Waals surface area contributed by atoms with E-state index in [0.29, 0.717) is 18.5 Å². The highest BCUT2D eigenvalue weighted by atomic mass is 16.2. The van der Waals surface area contributed by atoms with Crippen molar-refractivity contribution in [2.75, 3.05) is 13.6 Å². The van der Waals surface area contributed by atoms with Crippen LogP contribution in [0.1, 0.15) is 45.4 Å². The molecule has 0 saturated heterocycles. The minimum atomic E-state index is 0.138. The van der Waals surface area contributed by atoms with Crippen molar-refractivity contribution in [1.29, 1.82) is 0 Å². The molecular weight excluding hydrogens is 188 g/mol. The molecule has 0 spiro atoms. The summed E-state index contributed by atoms with van der Waals surface area (Å²) in [5.41, 5.74) is 5.45. The van der Waals surface area contributed by atoms with Gasteiger partial charge in [0.25, 0.3) is 0 Å². The maximum absolute atomic E-state index is 12.0. The van der Waals surface area contributed by atoms with Crippen molar-refractivity contribution in [2.45, 2.75) is 51.5 Å². The van der Waals surface area contributed by atoms with Crippen LogP contribution in [0.15, 0.2) is 0 Å². The van der Waals surface area contributed by atoms with Gasteiger partial charge in [0.1, 0.15) is 0 Å². The Labute approximate surface area is 93.0 Å². The molecule has 1 aliphatic rings.